The van der Waals surface area contributed by atoms with Gasteiger partial charge in [-0.3, -0.25) is 0 Å². The fourth-order valence-electron chi connectivity index (χ4n) is 22.0. The highest BCUT2D eigenvalue weighted by Crippen LogP contribution is 2.62. The van der Waals surface area contributed by atoms with Crippen molar-refractivity contribution in [1.82, 2.24) is 0 Å². The van der Waals surface area contributed by atoms with E-state index in [1.165, 1.54) is 167 Å². The Kier molecular flexibility index (Phi) is 22.0. The zero-order chi connectivity index (χ0) is 90.0. The topological polar surface area (TPSA) is 24.9 Å². The number of aryl methyl sites for hydroxylation is 2. The molecule has 18 aromatic carbocycles. The number of hydrogen-bond acceptors (Lipinski definition) is 4. The molecule has 4 heteroatoms. The van der Waals surface area contributed by atoms with Crippen LogP contribution < -0.4 is 19.3 Å². The molecule has 0 bridgehead atoms. The highest BCUT2D eigenvalue weighted by molar-refractivity contribution is 5.94. The third kappa shape index (κ3) is 14.7. The van der Waals surface area contributed by atoms with Gasteiger partial charge in [-0.05, 0) is 291 Å². The average molecular weight is 1710 g/mol. The molecule has 22 rings (SSSR count). The van der Waals surface area contributed by atoms with Crippen LogP contribution in [0.1, 0.15) is 180 Å². The van der Waals surface area contributed by atoms with Crippen LogP contribution in [-0.2, 0) is 34.9 Å². The van der Waals surface area contributed by atoms with Gasteiger partial charge in [0.1, 0.15) is 24.7 Å². The third-order valence-electron chi connectivity index (χ3n) is 29.3. The summed E-state index contributed by atoms with van der Waals surface area (Å²) < 4.78 is 13.0. The molecule has 0 radical (unpaired) electrons. The van der Waals surface area contributed by atoms with Gasteiger partial charge in [-0.1, -0.05) is 394 Å². The largest absolute Gasteiger partial charge is 0.489 e. The zero-order valence-corrected chi connectivity index (χ0v) is 77.1. The lowest BCUT2D eigenvalue weighted by Crippen LogP contribution is -2.29. The second-order valence-corrected chi connectivity index (χ2v) is 37.8. The maximum atomic E-state index is 6.50. The van der Waals surface area contributed by atoms with Crippen molar-refractivity contribution >= 4 is 34.1 Å². The fourth-order valence-corrected chi connectivity index (χ4v) is 22.0. The molecule has 0 saturated carbocycles. The molecule has 4 atom stereocenters. The van der Waals surface area contributed by atoms with Crippen LogP contribution in [0, 0.1) is 13.8 Å². The highest BCUT2D eigenvalue weighted by atomic mass is 16.5. The number of rotatable bonds is 22. The van der Waals surface area contributed by atoms with Gasteiger partial charge < -0.3 is 19.3 Å². The van der Waals surface area contributed by atoms with E-state index < -0.39 is 10.8 Å². The molecular weight excluding hydrogens is 1600 g/mol. The maximum absolute atomic E-state index is 6.50. The van der Waals surface area contributed by atoms with Gasteiger partial charge in [-0.15, -0.1) is 0 Å². The molecule has 0 N–H and O–H groups in total. The van der Waals surface area contributed by atoms with Gasteiger partial charge in [0.25, 0.3) is 0 Å². The van der Waals surface area contributed by atoms with Gasteiger partial charge in [0, 0.05) is 45.0 Å². The second-order valence-electron chi connectivity index (χ2n) is 37.8. The standard InChI is InChI=1S/C65H57NO.C63H53NO/c1-7-45(4)47-23-21-46(22-24-47)42-67-55-33-27-50(28-34-55)65(51-38-43(2)37-44(3)39-51)61-20-14-12-18-57(61)59-36-32-54(41-63(59)65)66(52-29-25-49(26-30-52)48-15-9-8-10-16-48)53-31-35-58-56-17-11-13-19-60(56)64(5,6)62(58)40-53;1-5-43(2)45-26-24-44(25-27-45)42-65-53-36-30-49(31-37-53)63(48-18-10-7-11-19-48)59-23-15-13-21-55(59)57-39-35-52(41-61(57)63)64(50-32-28-47(29-33-50)46-16-8-6-9-17-46)51-34-38-56-54-20-12-14-22-58(54)62(3,4)60(56)40-51/h8-41,45H,7,42H2,1-6H3;6-41,43H,5,42H2,1-4H3. The molecule has 4 aliphatic carbocycles. The first-order valence-electron chi connectivity index (χ1n) is 47.2. The lowest BCUT2D eigenvalue weighted by molar-refractivity contribution is 0.306. The quantitative estimate of drug-likeness (QED) is 0.0675. The number of benzene rings is 18. The SMILES string of the molecule is CCC(C)c1ccc(COc2ccc(C3(c4cc(C)cc(C)c4)c4ccccc4-c4ccc(N(c5ccc(-c6ccccc6)cc5)c5ccc6c(c5)C(C)(C)c5ccccc5-6)cc43)cc2)cc1.CCC(C)c1ccc(COc2ccc(C3(c4ccccc4)c4ccccc4-c4ccc(N(c5ccc(-c6ccccc6)cc5)c5ccc6c(c5)C(C)(C)c5ccccc5-6)cc43)cc2)cc1. The van der Waals surface area contributed by atoms with Crippen molar-refractivity contribution in [3.63, 3.8) is 0 Å². The Bertz CT molecular complexity index is 7280. The summed E-state index contributed by atoms with van der Waals surface area (Å²) in [5, 5.41) is 0. The van der Waals surface area contributed by atoms with Crippen molar-refractivity contribution in [2.75, 3.05) is 9.80 Å². The number of ether oxygens (including phenoxy) is 2. The van der Waals surface area contributed by atoms with E-state index in [1.807, 2.05) is 0 Å². The summed E-state index contributed by atoms with van der Waals surface area (Å²) in [4.78, 5) is 4.93. The summed E-state index contributed by atoms with van der Waals surface area (Å²) in [6.07, 6.45) is 2.26. The van der Waals surface area contributed by atoms with Gasteiger partial charge in [-0.2, -0.15) is 0 Å². The van der Waals surface area contributed by atoms with E-state index in [-0.39, 0.29) is 10.8 Å². The molecule has 644 valence electrons. The molecule has 0 fully saturated rings. The number of hydrogen-bond donors (Lipinski definition) is 0. The Morgan fingerprint density at radius 3 is 0.879 bits per heavy atom. The van der Waals surface area contributed by atoms with Crippen molar-refractivity contribution < 1.29 is 9.47 Å². The summed E-state index contributed by atoms with van der Waals surface area (Å²) in [5.74, 6) is 2.82. The number of fused-ring (bicyclic) bond motifs is 12. The molecule has 0 spiro atoms. The Morgan fingerprint density at radius 2 is 0.515 bits per heavy atom. The van der Waals surface area contributed by atoms with Crippen molar-refractivity contribution in [2.24, 2.45) is 0 Å². The molecule has 0 saturated heterocycles. The lowest BCUT2D eigenvalue weighted by atomic mass is 9.67. The highest BCUT2D eigenvalue weighted by Gasteiger charge is 2.49. The van der Waals surface area contributed by atoms with Crippen LogP contribution in [0.25, 0.3) is 66.8 Å². The monoisotopic (exact) mass is 1710 g/mol. The molecule has 132 heavy (non-hydrogen) atoms. The van der Waals surface area contributed by atoms with Gasteiger partial charge in [-0.25, -0.2) is 0 Å². The molecule has 4 nitrogen and oxygen atoms in total. The van der Waals surface area contributed by atoms with Gasteiger partial charge in [0.2, 0.25) is 0 Å². The molecular formula is C128H110N2O2. The molecule has 4 aliphatic rings. The van der Waals surface area contributed by atoms with Crippen LogP contribution in [0.4, 0.5) is 34.1 Å². The summed E-state index contributed by atoms with van der Waals surface area (Å²) >= 11 is 0. The van der Waals surface area contributed by atoms with Crippen molar-refractivity contribution in [2.45, 2.75) is 129 Å². The van der Waals surface area contributed by atoms with Crippen LogP contribution in [-0.4, -0.2) is 0 Å². The van der Waals surface area contributed by atoms with E-state index in [0.717, 1.165) is 58.5 Å². The van der Waals surface area contributed by atoms with Crippen molar-refractivity contribution in [3.05, 3.63) is 525 Å². The fraction of sp³-hybridized carbons (Fsp3) is 0.156. The summed E-state index contributed by atoms with van der Waals surface area (Å²) in [6.45, 7) is 24.0. The Hall–Kier alpha value is -14.8. The van der Waals surface area contributed by atoms with E-state index in [9.17, 15) is 0 Å². The molecule has 0 amide bonds. The van der Waals surface area contributed by atoms with Gasteiger partial charge in [0.05, 0.1) is 10.8 Å². The van der Waals surface area contributed by atoms with Crippen molar-refractivity contribution in [3.8, 4) is 78.3 Å². The molecule has 0 heterocycles. The third-order valence-corrected chi connectivity index (χ3v) is 29.3. The van der Waals surface area contributed by atoms with E-state index in [1.54, 1.807) is 0 Å². The maximum Gasteiger partial charge on any atom is 0.119 e. The number of nitrogens with zero attached hydrogens (tertiary/aromatic N) is 2. The van der Waals surface area contributed by atoms with Crippen LogP contribution in [0.2, 0.25) is 0 Å². The Balaban J connectivity index is 0.000000159. The van der Waals surface area contributed by atoms with Crippen molar-refractivity contribution in [1.29, 1.82) is 0 Å². The first-order chi connectivity index (χ1) is 64.5. The zero-order valence-electron chi connectivity index (χ0n) is 77.1. The second kappa shape index (κ2) is 34.5. The predicted octanol–water partition coefficient (Wildman–Crippen LogP) is 33.8. The molecule has 0 aliphatic heterocycles. The van der Waals surface area contributed by atoms with Gasteiger partial charge in [0.15, 0.2) is 0 Å². The van der Waals surface area contributed by atoms with Crippen LogP contribution in [0.5, 0.6) is 11.5 Å². The normalized spacial score (nSPS) is 15.6. The average Bonchev–Trinajstić information content (AvgIpc) is 1.54. The lowest BCUT2D eigenvalue weighted by Gasteiger charge is -2.35. The minimum atomic E-state index is -0.604. The van der Waals surface area contributed by atoms with Crippen LogP contribution >= 0.6 is 0 Å². The first-order valence-corrected chi connectivity index (χ1v) is 47.2. The summed E-state index contributed by atoms with van der Waals surface area (Å²) in [7, 11) is 0. The van der Waals surface area contributed by atoms with E-state index in [0.29, 0.717) is 25.0 Å². The van der Waals surface area contributed by atoms with E-state index in [2.05, 4.69) is 504 Å². The Labute approximate surface area is 779 Å². The smallest absolute Gasteiger partial charge is 0.119 e. The van der Waals surface area contributed by atoms with Crippen LogP contribution in [0.15, 0.2) is 425 Å². The first kappa shape index (κ1) is 84.0. The molecule has 18 aromatic rings. The minimum absolute atomic E-state index is 0.138. The van der Waals surface area contributed by atoms with Gasteiger partial charge >= 0.3 is 0 Å². The molecule has 4 unspecified atom stereocenters. The van der Waals surface area contributed by atoms with E-state index >= 15 is 0 Å². The minimum Gasteiger partial charge on any atom is -0.489 e. The predicted molar refractivity (Wildman–Crippen MR) is 551 cm³/mol. The summed E-state index contributed by atoms with van der Waals surface area (Å²) in [5.41, 5.74) is 43.4. The number of anilines is 6. The molecule has 0 aromatic heterocycles. The van der Waals surface area contributed by atoms with Crippen LogP contribution in [0.3, 0.4) is 0 Å². The Morgan fingerprint density at radius 1 is 0.235 bits per heavy atom. The summed E-state index contributed by atoms with van der Waals surface area (Å²) in [6, 6.07) is 158. The van der Waals surface area contributed by atoms with E-state index in [4.69, 9.17) is 9.47 Å².